The van der Waals surface area contributed by atoms with Crippen LogP contribution in [0.3, 0.4) is 0 Å². The molecule has 180 valence electrons. The van der Waals surface area contributed by atoms with Crippen LogP contribution in [0.1, 0.15) is 12.8 Å². The summed E-state index contributed by atoms with van der Waals surface area (Å²) < 4.78 is 0. The lowest BCUT2D eigenvalue weighted by molar-refractivity contribution is -0.170. The van der Waals surface area contributed by atoms with E-state index in [2.05, 4.69) is 0 Å². The van der Waals surface area contributed by atoms with Crippen molar-refractivity contribution < 1.29 is 54.6 Å². The molecule has 0 amide bonds. The average molecular weight is 503 g/mol. The van der Waals surface area contributed by atoms with Crippen molar-refractivity contribution in [2.75, 3.05) is 11.5 Å². The lowest BCUT2D eigenvalue weighted by Crippen LogP contribution is -2.42. The number of rotatable bonds is 12. The van der Waals surface area contributed by atoms with Gasteiger partial charge in [-0.2, -0.15) is 0 Å². The minimum Gasteiger partial charge on any atom is -0.481 e. The molecule has 0 aromatic carbocycles. The number of hydrogen-bond acceptors (Lipinski definition) is 12. The van der Waals surface area contributed by atoms with Crippen molar-refractivity contribution in [2.24, 2.45) is 11.5 Å². The third-order valence-corrected chi connectivity index (χ3v) is 4.97. The second-order valence-electron chi connectivity index (χ2n) is 4.94. The Morgan fingerprint density at radius 3 is 1.17 bits per heavy atom. The van der Waals surface area contributed by atoms with Crippen molar-refractivity contribution in [3.05, 3.63) is 0 Å². The molecule has 15 nitrogen and oxygen atoms in total. The summed E-state index contributed by atoms with van der Waals surface area (Å²) in [5, 5.41) is 50.6. The van der Waals surface area contributed by atoms with Gasteiger partial charge in [-0.05, 0) is 0 Å². The third kappa shape index (κ3) is 19.5. The Morgan fingerprint density at radius 1 is 0.733 bits per heavy atom. The van der Waals surface area contributed by atoms with E-state index in [1.807, 2.05) is 0 Å². The van der Waals surface area contributed by atoms with Crippen LogP contribution in [0, 0.1) is 0 Å². The number of carboxylic acids is 5. The summed E-state index contributed by atoms with van der Waals surface area (Å²) in [4.78, 5) is 51.0. The Balaban J connectivity index is -0.000000127. The first kappa shape index (κ1) is 38.7. The van der Waals surface area contributed by atoms with E-state index in [4.69, 9.17) is 42.1 Å². The van der Waals surface area contributed by atoms with Crippen molar-refractivity contribution in [3.8, 4) is 0 Å². The monoisotopic (exact) mass is 502 g/mol. The summed E-state index contributed by atoms with van der Waals surface area (Å²) in [6, 6.07) is -1.85. The van der Waals surface area contributed by atoms with Crippen molar-refractivity contribution in [2.45, 2.75) is 30.5 Å². The molecule has 0 bridgehead atoms. The second-order valence-corrected chi connectivity index (χ2v) is 7.49. The van der Waals surface area contributed by atoms with E-state index in [-0.39, 0.29) is 36.2 Å². The molecule has 2 unspecified atom stereocenters. The van der Waals surface area contributed by atoms with Gasteiger partial charge in [-0.1, -0.05) is 21.6 Å². The molecule has 2 atom stereocenters. The van der Waals surface area contributed by atoms with Crippen molar-refractivity contribution in [1.82, 2.24) is 12.3 Å². The summed E-state index contributed by atoms with van der Waals surface area (Å²) in [5.41, 5.74) is 7.69. The molecule has 0 fully saturated rings. The van der Waals surface area contributed by atoms with Gasteiger partial charge < -0.3 is 54.4 Å². The first-order valence-electron chi connectivity index (χ1n) is 6.83. The number of hydrogen-bond donors (Lipinski definition) is 10. The van der Waals surface area contributed by atoms with Crippen LogP contribution < -0.4 is 23.8 Å². The maximum atomic E-state index is 10.3. The van der Waals surface area contributed by atoms with Crippen LogP contribution in [0.15, 0.2) is 0 Å². The fourth-order valence-corrected chi connectivity index (χ4v) is 3.33. The predicted octanol–water partition coefficient (Wildman–Crippen LogP) is -1.31. The smallest absolute Gasteiger partial charge is 0.336 e. The SMILES string of the molecule is Cl.N.N.NC(CSSCC(N)C(=O)O)C(=O)O.O=C(O)CC(O)(CC(=O)O)C(=O)O. The first-order chi connectivity index (χ1) is 12.2. The van der Waals surface area contributed by atoms with E-state index in [9.17, 15) is 24.0 Å². The van der Waals surface area contributed by atoms with E-state index in [1.165, 1.54) is 21.6 Å². The molecule has 0 radical (unpaired) electrons. The molecule has 0 aliphatic carbocycles. The summed E-state index contributed by atoms with van der Waals surface area (Å²) in [7, 11) is 2.41. The maximum absolute atomic E-state index is 10.3. The number of nitrogens with two attached hydrogens (primary N) is 2. The minimum atomic E-state index is -2.74. The van der Waals surface area contributed by atoms with Gasteiger partial charge in [-0.3, -0.25) is 19.2 Å². The topological polar surface area (TPSA) is 329 Å². The number of carbonyl (C=O) groups is 5. The van der Waals surface area contributed by atoms with Gasteiger partial charge in [-0.25, -0.2) is 4.79 Å². The fourth-order valence-electron chi connectivity index (χ4n) is 1.10. The Labute approximate surface area is 184 Å². The average Bonchev–Trinajstić information content (AvgIpc) is 2.49. The first-order valence-corrected chi connectivity index (χ1v) is 9.32. The minimum absolute atomic E-state index is 0. The van der Waals surface area contributed by atoms with Gasteiger partial charge in [0, 0.05) is 11.5 Å². The van der Waals surface area contributed by atoms with Crippen LogP contribution in [0.4, 0.5) is 0 Å². The van der Waals surface area contributed by atoms with Crippen molar-refractivity contribution in [3.63, 3.8) is 0 Å². The molecule has 0 aromatic rings. The lowest BCUT2D eigenvalue weighted by atomic mass is 9.96. The number of aliphatic hydroxyl groups is 1. The zero-order valence-corrected chi connectivity index (χ0v) is 18.0. The molecule has 0 aliphatic heterocycles. The molecule has 0 saturated heterocycles. The Bertz CT molecular complexity index is 532. The summed E-state index contributed by atoms with van der Waals surface area (Å²) in [6.07, 6.45) is -2.29. The van der Waals surface area contributed by atoms with Gasteiger partial charge >= 0.3 is 29.8 Å². The quantitative estimate of drug-likeness (QED) is 0.109. The fraction of sp³-hybridized carbons (Fsp3) is 0.583. The highest BCUT2D eigenvalue weighted by Gasteiger charge is 2.40. The standard InChI is InChI=1S/C6H12N2O4S2.C6H8O7.ClH.2H3N/c7-3(5(9)10)1-13-14-2-4(8)6(11)12;7-3(8)1-6(13,5(11)12)2-4(9)10;;;/h3-4H,1-2,7-8H2,(H,9,10)(H,11,12);13H,1-2H2,(H,7,8)(H,9,10)(H,11,12);1H;2*1H3. The van der Waals surface area contributed by atoms with Crippen LogP contribution in [-0.2, 0) is 24.0 Å². The Morgan fingerprint density at radius 2 is 1.00 bits per heavy atom. The predicted molar refractivity (Wildman–Crippen MR) is 111 cm³/mol. The molecule has 0 aromatic heterocycles. The largest absolute Gasteiger partial charge is 0.481 e. The second kappa shape index (κ2) is 19.1. The van der Waals surface area contributed by atoms with Crippen LogP contribution in [0.2, 0.25) is 0 Å². The molecular weight excluding hydrogens is 476 g/mol. The summed E-state index contributed by atoms with van der Waals surface area (Å²) in [5.74, 6) is -6.70. The van der Waals surface area contributed by atoms with Crippen LogP contribution in [0.5, 0.6) is 0 Å². The Hall–Kier alpha value is -1.86. The zero-order chi connectivity index (χ0) is 21.8. The van der Waals surface area contributed by atoms with Gasteiger partial charge in [0.15, 0.2) is 5.60 Å². The van der Waals surface area contributed by atoms with Crippen LogP contribution in [-0.4, -0.2) is 89.7 Å². The van der Waals surface area contributed by atoms with Crippen molar-refractivity contribution in [1.29, 1.82) is 0 Å². The highest BCUT2D eigenvalue weighted by molar-refractivity contribution is 8.76. The van der Waals surface area contributed by atoms with Gasteiger partial charge in [0.2, 0.25) is 0 Å². The zero-order valence-electron chi connectivity index (χ0n) is 15.5. The van der Waals surface area contributed by atoms with E-state index in [0.717, 1.165) is 0 Å². The molecule has 0 heterocycles. The molecule has 0 rings (SSSR count). The van der Waals surface area contributed by atoms with Gasteiger partial charge in [0.25, 0.3) is 0 Å². The lowest BCUT2D eigenvalue weighted by Gasteiger charge is -2.18. The highest BCUT2D eigenvalue weighted by Crippen LogP contribution is 2.22. The number of aliphatic carboxylic acids is 5. The third-order valence-electron chi connectivity index (χ3n) is 2.50. The Kier molecular flexibility index (Phi) is 24.7. The van der Waals surface area contributed by atoms with Crippen LogP contribution >= 0.6 is 34.0 Å². The normalized spacial score (nSPS) is 11.6. The van der Waals surface area contributed by atoms with E-state index in [1.54, 1.807) is 0 Å². The van der Waals surface area contributed by atoms with Crippen LogP contribution in [0.25, 0.3) is 0 Å². The molecular formula is C12H27ClN4O11S2. The molecule has 0 spiro atoms. The molecule has 16 N–H and O–H groups in total. The number of halogens is 1. The van der Waals surface area contributed by atoms with Gasteiger partial charge in [0.1, 0.15) is 12.1 Å². The van der Waals surface area contributed by atoms with E-state index in [0.29, 0.717) is 0 Å². The van der Waals surface area contributed by atoms with E-state index < -0.39 is 60.4 Å². The van der Waals surface area contributed by atoms with Gasteiger partial charge in [0.05, 0.1) is 12.8 Å². The molecule has 18 heteroatoms. The summed E-state index contributed by atoms with van der Waals surface area (Å²) in [6.45, 7) is 0. The maximum Gasteiger partial charge on any atom is 0.336 e. The summed E-state index contributed by atoms with van der Waals surface area (Å²) >= 11 is 0. The molecule has 0 aliphatic rings. The number of carboxylic acid groups (broad SMARTS) is 5. The highest BCUT2D eigenvalue weighted by atomic mass is 35.5. The van der Waals surface area contributed by atoms with E-state index >= 15 is 0 Å². The van der Waals surface area contributed by atoms with Crippen molar-refractivity contribution >= 4 is 63.8 Å². The van der Waals surface area contributed by atoms with Gasteiger partial charge in [-0.15, -0.1) is 12.4 Å². The molecule has 30 heavy (non-hydrogen) atoms. The molecule has 0 saturated carbocycles.